The van der Waals surface area contributed by atoms with Gasteiger partial charge in [-0.1, -0.05) is 66.2 Å². The normalized spacial score (nSPS) is 13.2. The lowest BCUT2D eigenvalue weighted by atomic mass is 10.1. The minimum absolute atomic E-state index is 0.0623. The van der Waals surface area contributed by atoms with Crippen molar-refractivity contribution in [2.45, 2.75) is 13.3 Å². The third kappa shape index (κ3) is 6.69. The first kappa shape index (κ1) is 27.0. The first-order valence-corrected chi connectivity index (χ1v) is 13.5. The zero-order valence-corrected chi connectivity index (χ0v) is 22.5. The fraction of sp³-hybridized carbons (Fsp3) is 0.250. The van der Waals surface area contributed by atoms with Crippen LogP contribution in [-0.4, -0.2) is 71.1 Å². The van der Waals surface area contributed by atoms with Gasteiger partial charge in [0.1, 0.15) is 12.4 Å². The molecule has 1 aliphatic heterocycles. The lowest BCUT2D eigenvalue weighted by Crippen LogP contribution is -2.52. The Morgan fingerprint density at radius 2 is 1.60 bits per heavy atom. The zero-order valence-electron chi connectivity index (χ0n) is 22.5. The molecule has 1 aliphatic rings. The molecule has 0 N–H and O–H groups in total. The van der Waals surface area contributed by atoms with Gasteiger partial charge in [-0.05, 0) is 49.2 Å². The highest BCUT2D eigenvalue weighted by Gasteiger charge is 2.26. The van der Waals surface area contributed by atoms with E-state index in [4.69, 9.17) is 0 Å². The van der Waals surface area contributed by atoms with Gasteiger partial charge in [-0.25, -0.2) is 4.39 Å². The number of rotatable bonds is 8. The number of carbonyl (C=O) groups excluding carboxylic acids is 2. The lowest BCUT2D eigenvalue weighted by molar-refractivity contribution is -0.132. The molecule has 2 amide bonds. The highest BCUT2D eigenvalue weighted by molar-refractivity contribution is 5.96. The molecular formula is C32H32FN5O2. The molecule has 5 rings (SSSR count). The van der Waals surface area contributed by atoms with Gasteiger partial charge >= 0.3 is 0 Å². The molecular weight excluding hydrogens is 505 g/mol. The van der Waals surface area contributed by atoms with Crippen molar-refractivity contribution in [3.8, 4) is 11.3 Å². The number of hydrogen-bond acceptors (Lipinski definition) is 5. The molecule has 40 heavy (non-hydrogen) atoms. The summed E-state index contributed by atoms with van der Waals surface area (Å²) in [6.45, 7) is 4.61. The first-order valence-electron chi connectivity index (χ1n) is 13.5. The predicted octanol–water partition coefficient (Wildman–Crippen LogP) is 4.62. The quantitative estimate of drug-likeness (QED) is 0.328. The third-order valence-corrected chi connectivity index (χ3v) is 7.15. The van der Waals surface area contributed by atoms with Crippen LogP contribution >= 0.6 is 0 Å². The van der Waals surface area contributed by atoms with Gasteiger partial charge in [0.25, 0.3) is 5.91 Å². The summed E-state index contributed by atoms with van der Waals surface area (Å²) >= 11 is 0. The number of aromatic nitrogens is 2. The van der Waals surface area contributed by atoms with Crippen molar-refractivity contribution < 1.29 is 14.0 Å². The molecule has 1 fully saturated rings. The summed E-state index contributed by atoms with van der Waals surface area (Å²) < 4.78 is 13.8. The number of aryl methyl sites for hydroxylation is 1. The van der Waals surface area contributed by atoms with E-state index in [-0.39, 0.29) is 23.9 Å². The van der Waals surface area contributed by atoms with E-state index < -0.39 is 5.82 Å². The number of halogens is 1. The Morgan fingerprint density at radius 3 is 2.27 bits per heavy atom. The molecule has 0 atom stereocenters. The van der Waals surface area contributed by atoms with Crippen LogP contribution in [0.15, 0.2) is 91.0 Å². The molecule has 2 heterocycles. The standard InChI is InChI=1S/C32H32FN5O2/c1-24-10-12-26(13-11-24)29-14-15-30(35-34-29)36-18-20-37(21-19-36)31(39)23-38(17-16-25-6-3-2-4-7-25)32(40)27-8-5-9-28(33)22-27/h2-15,22H,16-21,23H2,1H3. The SMILES string of the molecule is Cc1ccc(-c2ccc(N3CCN(C(=O)CN(CCc4ccccc4)C(=O)c4cccc(F)c4)CC3)nn2)cc1. The Bertz CT molecular complexity index is 1440. The summed E-state index contributed by atoms with van der Waals surface area (Å²) in [7, 11) is 0. The van der Waals surface area contributed by atoms with E-state index in [9.17, 15) is 14.0 Å². The van der Waals surface area contributed by atoms with Crippen LogP contribution in [0.2, 0.25) is 0 Å². The van der Waals surface area contributed by atoms with E-state index in [1.54, 1.807) is 11.0 Å². The summed E-state index contributed by atoms with van der Waals surface area (Å²) in [5, 5.41) is 8.83. The second kappa shape index (κ2) is 12.5. The minimum Gasteiger partial charge on any atom is -0.352 e. The number of amides is 2. The number of hydrogen-bond donors (Lipinski definition) is 0. The molecule has 3 aromatic carbocycles. The van der Waals surface area contributed by atoms with Crippen molar-refractivity contribution in [1.29, 1.82) is 0 Å². The van der Waals surface area contributed by atoms with Crippen molar-refractivity contribution in [2.24, 2.45) is 0 Å². The van der Waals surface area contributed by atoms with Crippen molar-refractivity contribution in [1.82, 2.24) is 20.0 Å². The summed E-state index contributed by atoms with van der Waals surface area (Å²) in [6, 6.07) is 27.5. The smallest absolute Gasteiger partial charge is 0.254 e. The van der Waals surface area contributed by atoms with Crippen LogP contribution < -0.4 is 4.90 Å². The molecule has 204 valence electrons. The number of nitrogens with zero attached hydrogens (tertiary/aromatic N) is 5. The number of carbonyl (C=O) groups is 2. The third-order valence-electron chi connectivity index (χ3n) is 7.15. The van der Waals surface area contributed by atoms with Crippen LogP contribution in [0.5, 0.6) is 0 Å². The van der Waals surface area contributed by atoms with E-state index in [1.165, 1.54) is 28.7 Å². The maximum Gasteiger partial charge on any atom is 0.254 e. The van der Waals surface area contributed by atoms with E-state index in [0.717, 1.165) is 22.6 Å². The molecule has 0 aliphatic carbocycles. The fourth-order valence-corrected chi connectivity index (χ4v) is 4.79. The number of anilines is 1. The molecule has 1 saturated heterocycles. The number of piperazine rings is 1. The summed E-state index contributed by atoms with van der Waals surface area (Å²) in [4.78, 5) is 32.0. The topological polar surface area (TPSA) is 69.6 Å². The van der Waals surface area contributed by atoms with Gasteiger partial charge in [-0.15, -0.1) is 10.2 Å². The molecule has 8 heteroatoms. The summed E-state index contributed by atoms with van der Waals surface area (Å²) in [6.07, 6.45) is 0.597. The van der Waals surface area contributed by atoms with Crippen molar-refractivity contribution in [2.75, 3.05) is 44.2 Å². The van der Waals surface area contributed by atoms with Crippen LogP contribution in [0.4, 0.5) is 10.2 Å². The largest absolute Gasteiger partial charge is 0.352 e. The Kier molecular flexibility index (Phi) is 8.44. The van der Waals surface area contributed by atoms with Crippen molar-refractivity contribution in [3.63, 3.8) is 0 Å². The number of benzene rings is 3. The van der Waals surface area contributed by atoms with E-state index in [2.05, 4.69) is 27.2 Å². The van der Waals surface area contributed by atoms with Crippen LogP contribution in [-0.2, 0) is 11.2 Å². The highest BCUT2D eigenvalue weighted by atomic mass is 19.1. The average Bonchev–Trinajstić information content (AvgIpc) is 3.00. The average molecular weight is 538 g/mol. The van der Waals surface area contributed by atoms with Crippen molar-refractivity contribution >= 4 is 17.6 Å². The Morgan fingerprint density at radius 1 is 0.850 bits per heavy atom. The van der Waals surface area contributed by atoms with Gasteiger partial charge in [0.15, 0.2) is 5.82 Å². The maximum atomic E-state index is 13.8. The second-order valence-corrected chi connectivity index (χ2v) is 9.98. The van der Waals surface area contributed by atoms with Gasteiger partial charge in [0.2, 0.25) is 5.91 Å². The molecule has 0 radical (unpaired) electrons. The molecule has 0 bridgehead atoms. The van der Waals surface area contributed by atoms with Crippen LogP contribution in [0, 0.1) is 12.7 Å². The van der Waals surface area contributed by atoms with Crippen LogP contribution in [0.1, 0.15) is 21.5 Å². The summed E-state index contributed by atoms with van der Waals surface area (Å²) in [5.41, 5.74) is 4.33. The predicted molar refractivity (Wildman–Crippen MR) is 153 cm³/mol. The highest BCUT2D eigenvalue weighted by Crippen LogP contribution is 2.20. The summed E-state index contributed by atoms with van der Waals surface area (Å²) in [5.74, 6) is -0.190. The molecule has 0 unspecified atom stereocenters. The monoisotopic (exact) mass is 537 g/mol. The molecule has 0 spiro atoms. The lowest BCUT2D eigenvalue weighted by Gasteiger charge is -2.36. The van der Waals surface area contributed by atoms with Gasteiger partial charge in [-0.2, -0.15) is 0 Å². The second-order valence-electron chi connectivity index (χ2n) is 9.98. The molecule has 4 aromatic rings. The van der Waals surface area contributed by atoms with E-state index in [0.29, 0.717) is 39.1 Å². The molecule has 7 nitrogen and oxygen atoms in total. The van der Waals surface area contributed by atoms with E-state index >= 15 is 0 Å². The first-order chi connectivity index (χ1) is 19.5. The van der Waals surface area contributed by atoms with Gasteiger partial charge in [-0.3, -0.25) is 9.59 Å². The van der Waals surface area contributed by atoms with Gasteiger partial charge < -0.3 is 14.7 Å². The Balaban J connectivity index is 1.20. The van der Waals surface area contributed by atoms with Crippen molar-refractivity contribution in [3.05, 3.63) is 114 Å². The minimum atomic E-state index is -0.480. The Hall–Kier alpha value is -4.59. The molecule has 0 saturated carbocycles. The fourth-order valence-electron chi connectivity index (χ4n) is 4.79. The van der Waals surface area contributed by atoms with Crippen LogP contribution in [0.25, 0.3) is 11.3 Å². The maximum absolute atomic E-state index is 13.8. The van der Waals surface area contributed by atoms with E-state index in [1.807, 2.05) is 61.5 Å². The van der Waals surface area contributed by atoms with Gasteiger partial charge in [0.05, 0.1) is 5.69 Å². The Labute approximate surface area is 233 Å². The van der Waals surface area contributed by atoms with Crippen LogP contribution in [0.3, 0.4) is 0 Å². The molecule has 1 aromatic heterocycles. The van der Waals surface area contributed by atoms with Gasteiger partial charge in [0, 0.05) is 43.9 Å². The zero-order chi connectivity index (χ0) is 27.9.